The van der Waals surface area contributed by atoms with E-state index < -0.39 is 0 Å². The summed E-state index contributed by atoms with van der Waals surface area (Å²) in [5.74, 6) is 0. The smallest absolute Gasteiger partial charge is 0.0481 e. The second-order valence-electron chi connectivity index (χ2n) is 4.20. The van der Waals surface area contributed by atoms with Crippen molar-refractivity contribution in [3.8, 4) is 5.69 Å². The SMILES string of the molecule is Cc1ccc(-n2cccc2CCN)c(C)c1. The van der Waals surface area contributed by atoms with Crippen LogP contribution in [0.5, 0.6) is 0 Å². The molecule has 0 amide bonds. The third kappa shape index (κ3) is 2.02. The van der Waals surface area contributed by atoms with Gasteiger partial charge < -0.3 is 10.3 Å². The fourth-order valence-electron chi connectivity index (χ4n) is 2.08. The van der Waals surface area contributed by atoms with E-state index in [1.54, 1.807) is 0 Å². The molecule has 0 radical (unpaired) electrons. The van der Waals surface area contributed by atoms with E-state index in [1.807, 2.05) is 0 Å². The lowest BCUT2D eigenvalue weighted by Crippen LogP contribution is -2.08. The Labute approximate surface area is 96.7 Å². The van der Waals surface area contributed by atoms with Gasteiger partial charge in [0.1, 0.15) is 0 Å². The van der Waals surface area contributed by atoms with Gasteiger partial charge in [0.15, 0.2) is 0 Å². The van der Waals surface area contributed by atoms with E-state index in [0.29, 0.717) is 6.54 Å². The number of hydrogen-bond donors (Lipinski definition) is 1. The predicted octanol–water partition coefficient (Wildman–Crippen LogP) is 2.60. The van der Waals surface area contributed by atoms with Crippen molar-refractivity contribution in [2.24, 2.45) is 5.73 Å². The van der Waals surface area contributed by atoms with Gasteiger partial charge in [-0.2, -0.15) is 0 Å². The van der Waals surface area contributed by atoms with Crippen LogP contribution in [-0.4, -0.2) is 11.1 Å². The summed E-state index contributed by atoms with van der Waals surface area (Å²) >= 11 is 0. The number of aryl methyl sites for hydroxylation is 2. The first-order chi connectivity index (χ1) is 7.72. The van der Waals surface area contributed by atoms with Crippen LogP contribution in [0, 0.1) is 13.8 Å². The molecular weight excluding hydrogens is 196 g/mol. The molecule has 2 N–H and O–H groups in total. The quantitative estimate of drug-likeness (QED) is 0.836. The summed E-state index contributed by atoms with van der Waals surface area (Å²) < 4.78 is 2.22. The van der Waals surface area contributed by atoms with Crippen molar-refractivity contribution in [3.63, 3.8) is 0 Å². The van der Waals surface area contributed by atoms with E-state index in [4.69, 9.17) is 5.73 Å². The molecule has 2 nitrogen and oxygen atoms in total. The lowest BCUT2D eigenvalue weighted by atomic mass is 10.1. The summed E-state index contributed by atoms with van der Waals surface area (Å²) in [6, 6.07) is 10.7. The number of nitrogens with two attached hydrogens (primary N) is 1. The van der Waals surface area contributed by atoms with Gasteiger partial charge in [0.05, 0.1) is 0 Å². The van der Waals surface area contributed by atoms with Crippen LogP contribution in [0.25, 0.3) is 5.69 Å². The maximum atomic E-state index is 5.62. The Hall–Kier alpha value is -1.54. The fourth-order valence-corrected chi connectivity index (χ4v) is 2.08. The zero-order valence-corrected chi connectivity index (χ0v) is 9.90. The molecule has 1 aromatic carbocycles. The Morgan fingerprint density at radius 2 is 2.00 bits per heavy atom. The molecule has 0 fully saturated rings. The molecule has 0 unspecified atom stereocenters. The summed E-state index contributed by atoms with van der Waals surface area (Å²) in [4.78, 5) is 0. The molecule has 84 valence electrons. The normalized spacial score (nSPS) is 10.7. The highest BCUT2D eigenvalue weighted by Gasteiger charge is 2.05. The monoisotopic (exact) mass is 214 g/mol. The second-order valence-corrected chi connectivity index (χ2v) is 4.20. The molecule has 0 atom stereocenters. The molecule has 0 bridgehead atoms. The van der Waals surface area contributed by atoms with E-state index in [1.165, 1.54) is 22.5 Å². The highest BCUT2D eigenvalue weighted by Crippen LogP contribution is 2.18. The maximum Gasteiger partial charge on any atom is 0.0481 e. The predicted molar refractivity (Wildman–Crippen MR) is 68.0 cm³/mol. The van der Waals surface area contributed by atoms with Crippen LogP contribution in [0.2, 0.25) is 0 Å². The minimum atomic E-state index is 0.689. The minimum Gasteiger partial charge on any atom is -0.330 e. The topological polar surface area (TPSA) is 30.9 Å². The van der Waals surface area contributed by atoms with Gasteiger partial charge in [-0.25, -0.2) is 0 Å². The summed E-state index contributed by atoms with van der Waals surface area (Å²) in [5, 5.41) is 0. The van der Waals surface area contributed by atoms with Crippen molar-refractivity contribution in [1.29, 1.82) is 0 Å². The van der Waals surface area contributed by atoms with Gasteiger partial charge in [0.2, 0.25) is 0 Å². The zero-order valence-electron chi connectivity index (χ0n) is 9.90. The van der Waals surface area contributed by atoms with E-state index in [9.17, 15) is 0 Å². The summed E-state index contributed by atoms with van der Waals surface area (Å²) in [6.45, 7) is 4.96. The molecule has 1 aromatic heterocycles. The van der Waals surface area contributed by atoms with E-state index >= 15 is 0 Å². The van der Waals surface area contributed by atoms with Crippen molar-refractivity contribution >= 4 is 0 Å². The van der Waals surface area contributed by atoms with E-state index in [-0.39, 0.29) is 0 Å². The van der Waals surface area contributed by atoms with Crippen LogP contribution in [0.4, 0.5) is 0 Å². The summed E-state index contributed by atoms with van der Waals surface area (Å²) in [6.07, 6.45) is 3.02. The van der Waals surface area contributed by atoms with Gasteiger partial charge in [-0.15, -0.1) is 0 Å². The van der Waals surface area contributed by atoms with Gasteiger partial charge in [0.25, 0.3) is 0 Å². The van der Waals surface area contributed by atoms with Crippen LogP contribution in [0.3, 0.4) is 0 Å². The lowest BCUT2D eigenvalue weighted by Gasteiger charge is -2.12. The van der Waals surface area contributed by atoms with Crippen LogP contribution in [-0.2, 0) is 6.42 Å². The van der Waals surface area contributed by atoms with Crippen molar-refractivity contribution in [1.82, 2.24) is 4.57 Å². The van der Waals surface area contributed by atoms with Crippen molar-refractivity contribution in [2.75, 3.05) is 6.54 Å². The van der Waals surface area contributed by atoms with Crippen LogP contribution >= 0.6 is 0 Å². The first-order valence-corrected chi connectivity index (χ1v) is 5.66. The number of rotatable bonds is 3. The van der Waals surface area contributed by atoms with Crippen LogP contribution in [0.1, 0.15) is 16.8 Å². The Kier molecular flexibility index (Phi) is 3.11. The molecular formula is C14H18N2. The third-order valence-corrected chi connectivity index (χ3v) is 2.85. The minimum absolute atomic E-state index is 0.689. The molecule has 0 aliphatic rings. The Balaban J connectivity index is 2.46. The average Bonchev–Trinajstić information content (AvgIpc) is 2.67. The number of nitrogens with zero attached hydrogens (tertiary/aromatic N) is 1. The van der Waals surface area contributed by atoms with Crippen molar-refractivity contribution < 1.29 is 0 Å². The molecule has 1 heterocycles. The molecule has 0 saturated carbocycles. The van der Waals surface area contributed by atoms with Crippen LogP contribution < -0.4 is 5.73 Å². The van der Waals surface area contributed by atoms with Gasteiger partial charge >= 0.3 is 0 Å². The zero-order chi connectivity index (χ0) is 11.5. The van der Waals surface area contributed by atoms with Crippen molar-refractivity contribution in [3.05, 3.63) is 53.3 Å². The molecule has 2 aromatic rings. The van der Waals surface area contributed by atoms with Gasteiger partial charge in [-0.05, 0) is 44.2 Å². The number of benzene rings is 1. The van der Waals surface area contributed by atoms with Gasteiger partial charge in [0, 0.05) is 24.0 Å². The van der Waals surface area contributed by atoms with Gasteiger partial charge in [-0.1, -0.05) is 17.7 Å². The number of hydrogen-bond acceptors (Lipinski definition) is 1. The average molecular weight is 214 g/mol. The fraction of sp³-hybridized carbons (Fsp3) is 0.286. The molecule has 0 aliphatic carbocycles. The molecule has 2 rings (SSSR count). The lowest BCUT2D eigenvalue weighted by molar-refractivity contribution is 0.870. The van der Waals surface area contributed by atoms with E-state index in [2.05, 4.69) is 54.9 Å². The highest BCUT2D eigenvalue weighted by molar-refractivity contribution is 5.44. The Bertz CT molecular complexity index is 483. The standard InChI is InChI=1S/C14H18N2/c1-11-5-6-14(12(2)10-11)16-9-3-4-13(16)7-8-15/h3-6,9-10H,7-8,15H2,1-2H3. The summed E-state index contributed by atoms with van der Waals surface area (Å²) in [5.41, 5.74) is 10.7. The highest BCUT2D eigenvalue weighted by atomic mass is 15.0. The van der Waals surface area contributed by atoms with E-state index in [0.717, 1.165) is 6.42 Å². The first-order valence-electron chi connectivity index (χ1n) is 5.66. The molecule has 0 aliphatic heterocycles. The third-order valence-electron chi connectivity index (χ3n) is 2.85. The second kappa shape index (κ2) is 4.54. The maximum absolute atomic E-state index is 5.62. The molecule has 0 spiro atoms. The molecule has 0 saturated heterocycles. The summed E-state index contributed by atoms with van der Waals surface area (Å²) in [7, 11) is 0. The molecule has 2 heteroatoms. The van der Waals surface area contributed by atoms with Gasteiger partial charge in [-0.3, -0.25) is 0 Å². The first kappa shape index (κ1) is 11.0. The number of aromatic nitrogens is 1. The van der Waals surface area contributed by atoms with Crippen LogP contribution in [0.15, 0.2) is 36.5 Å². The molecule has 16 heavy (non-hydrogen) atoms. The Morgan fingerprint density at radius 3 is 2.69 bits per heavy atom. The largest absolute Gasteiger partial charge is 0.330 e. The van der Waals surface area contributed by atoms with Crippen molar-refractivity contribution in [2.45, 2.75) is 20.3 Å². The Morgan fingerprint density at radius 1 is 1.19 bits per heavy atom.